The van der Waals surface area contributed by atoms with Crippen LogP contribution in [0.3, 0.4) is 0 Å². The number of rotatable bonds is 4. The number of amides is 1. The van der Waals surface area contributed by atoms with Gasteiger partial charge in [0.2, 0.25) is 0 Å². The summed E-state index contributed by atoms with van der Waals surface area (Å²) in [6.45, 7) is 1.86. The first kappa shape index (κ1) is 14.0. The second-order valence-electron chi connectivity index (χ2n) is 4.41. The Bertz CT molecular complexity index is 601. The fourth-order valence-corrected chi connectivity index (χ4v) is 1.96. The lowest BCUT2D eigenvalue weighted by Crippen LogP contribution is -2.28. The highest BCUT2D eigenvalue weighted by Crippen LogP contribution is 2.20. The Hall–Kier alpha value is -2.40. The third-order valence-electron chi connectivity index (χ3n) is 3.05. The Morgan fingerprint density at radius 2 is 1.85 bits per heavy atom. The standard InChI is InChI=1S/C15H16FN3O/c1-10(11-6-3-2-4-7-11)18-15(20)12-8-5-9-13(16)14(12)19-17/h2-10,19H,17H2,1H3,(H,18,20). The van der Waals surface area contributed by atoms with Gasteiger partial charge in [0, 0.05) is 0 Å². The minimum Gasteiger partial charge on any atom is -0.345 e. The van der Waals surface area contributed by atoms with Crippen LogP contribution in [0.4, 0.5) is 10.1 Å². The van der Waals surface area contributed by atoms with Crippen LogP contribution in [0.5, 0.6) is 0 Å². The minimum absolute atomic E-state index is 0.00902. The quantitative estimate of drug-likeness (QED) is 0.592. The van der Waals surface area contributed by atoms with Gasteiger partial charge in [-0.15, -0.1) is 0 Å². The SMILES string of the molecule is CC(NC(=O)c1cccc(F)c1NN)c1ccccc1. The minimum atomic E-state index is -0.562. The van der Waals surface area contributed by atoms with Crippen molar-refractivity contribution in [2.45, 2.75) is 13.0 Å². The topological polar surface area (TPSA) is 67.2 Å². The van der Waals surface area contributed by atoms with Crippen LogP contribution in [0, 0.1) is 5.82 Å². The molecule has 1 amide bonds. The van der Waals surface area contributed by atoms with Crippen LogP contribution in [0.2, 0.25) is 0 Å². The van der Waals surface area contributed by atoms with Crippen LogP contribution in [-0.2, 0) is 0 Å². The molecule has 2 rings (SSSR count). The monoisotopic (exact) mass is 273 g/mol. The maximum absolute atomic E-state index is 13.5. The van der Waals surface area contributed by atoms with E-state index in [1.807, 2.05) is 37.3 Å². The van der Waals surface area contributed by atoms with Gasteiger partial charge in [0.25, 0.3) is 5.91 Å². The largest absolute Gasteiger partial charge is 0.345 e. The summed E-state index contributed by atoms with van der Waals surface area (Å²) >= 11 is 0. The zero-order valence-corrected chi connectivity index (χ0v) is 11.1. The van der Waals surface area contributed by atoms with E-state index >= 15 is 0 Å². The van der Waals surface area contributed by atoms with Gasteiger partial charge in [-0.25, -0.2) is 4.39 Å². The van der Waals surface area contributed by atoms with Gasteiger partial charge in [-0.2, -0.15) is 0 Å². The Morgan fingerprint density at radius 1 is 1.15 bits per heavy atom. The van der Waals surface area contributed by atoms with Crippen molar-refractivity contribution in [2.24, 2.45) is 5.84 Å². The van der Waals surface area contributed by atoms with Crippen LogP contribution >= 0.6 is 0 Å². The number of carbonyl (C=O) groups excluding carboxylic acids is 1. The van der Waals surface area contributed by atoms with Crippen LogP contribution in [0.15, 0.2) is 48.5 Å². The molecule has 0 aromatic heterocycles. The molecule has 4 N–H and O–H groups in total. The predicted octanol–water partition coefficient (Wildman–Crippen LogP) is 2.60. The zero-order valence-electron chi connectivity index (χ0n) is 11.1. The molecule has 0 saturated carbocycles. The molecule has 0 bridgehead atoms. The molecular weight excluding hydrogens is 257 g/mol. The maximum atomic E-state index is 13.5. The van der Waals surface area contributed by atoms with E-state index < -0.39 is 5.82 Å². The van der Waals surface area contributed by atoms with Crippen molar-refractivity contribution in [1.82, 2.24) is 5.32 Å². The molecule has 0 fully saturated rings. The molecule has 0 aliphatic heterocycles. The summed E-state index contributed by atoms with van der Waals surface area (Å²) in [5.41, 5.74) is 3.36. The van der Waals surface area contributed by atoms with Gasteiger partial charge in [0.1, 0.15) is 5.82 Å². The Labute approximate surface area is 116 Å². The summed E-state index contributed by atoms with van der Waals surface area (Å²) in [6, 6.07) is 13.6. The van der Waals surface area contributed by atoms with E-state index in [-0.39, 0.29) is 23.2 Å². The summed E-state index contributed by atoms with van der Waals surface area (Å²) in [4.78, 5) is 12.2. The molecule has 1 atom stereocenters. The number of benzene rings is 2. The first-order valence-electron chi connectivity index (χ1n) is 6.24. The Morgan fingerprint density at radius 3 is 2.50 bits per heavy atom. The number of hydrazine groups is 1. The third-order valence-corrected chi connectivity index (χ3v) is 3.05. The van der Waals surface area contributed by atoms with Crippen molar-refractivity contribution in [2.75, 3.05) is 5.43 Å². The highest BCUT2D eigenvalue weighted by atomic mass is 19.1. The molecule has 0 aliphatic rings. The summed E-state index contributed by atoms with van der Waals surface area (Å²) in [7, 11) is 0. The number of nitrogens with one attached hydrogen (secondary N) is 2. The average Bonchev–Trinajstić information content (AvgIpc) is 2.47. The fraction of sp³-hybridized carbons (Fsp3) is 0.133. The van der Waals surface area contributed by atoms with Gasteiger partial charge in [-0.3, -0.25) is 10.6 Å². The molecule has 0 saturated heterocycles. The Kier molecular flexibility index (Phi) is 4.32. The highest BCUT2D eigenvalue weighted by molar-refractivity contribution is 5.99. The van der Waals surface area contributed by atoms with Crippen LogP contribution < -0.4 is 16.6 Å². The van der Waals surface area contributed by atoms with Gasteiger partial charge in [0.15, 0.2) is 0 Å². The van der Waals surface area contributed by atoms with Crippen molar-refractivity contribution >= 4 is 11.6 Å². The van der Waals surface area contributed by atoms with E-state index in [1.165, 1.54) is 18.2 Å². The van der Waals surface area contributed by atoms with Crippen LogP contribution in [0.25, 0.3) is 0 Å². The average molecular weight is 273 g/mol. The number of hydrogen-bond donors (Lipinski definition) is 3. The molecule has 0 radical (unpaired) electrons. The van der Waals surface area contributed by atoms with Crippen molar-refractivity contribution < 1.29 is 9.18 Å². The molecule has 104 valence electrons. The molecule has 0 aliphatic carbocycles. The van der Waals surface area contributed by atoms with Gasteiger partial charge in [-0.05, 0) is 24.6 Å². The van der Waals surface area contributed by atoms with Gasteiger partial charge in [-0.1, -0.05) is 36.4 Å². The Balaban J connectivity index is 2.19. The van der Waals surface area contributed by atoms with Crippen molar-refractivity contribution in [3.05, 3.63) is 65.5 Å². The summed E-state index contributed by atoms with van der Waals surface area (Å²) in [5.74, 6) is 4.32. The molecule has 0 spiro atoms. The summed E-state index contributed by atoms with van der Waals surface area (Å²) in [6.07, 6.45) is 0. The number of nitrogens with two attached hydrogens (primary N) is 1. The smallest absolute Gasteiger partial charge is 0.254 e. The maximum Gasteiger partial charge on any atom is 0.254 e. The van der Waals surface area contributed by atoms with Crippen LogP contribution in [-0.4, -0.2) is 5.91 Å². The number of hydrogen-bond acceptors (Lipinski definition) is 3. The van der Waals surface area contributed by atoms with E-state index in [4.69, 9.17) is 5.84 Å². The molecule has 2 aromatic carbocycles. The lowest BCUT2D eigenvalue weighted by Gasteiger charge is -2.16. The third kappa shape index (κ3) is 2.95. The number of halogens is 1. The number of carbonyl (C=O) groups is 1. The van der Waals surface area contributed by atoms with Gasteiger partial charge >= 0.3 is 0 Å². The molecule has 5 heteroatoms. The first-order chi connectivity index (χ1) is 9.63. The molecule has 0 heterocycles. The number of nitrogen functional groups attached to an aromatic ring is 1. The van der Waals surface area contributed by atoms with E-state index in [2.05, 4.69) is 10.7 Å². The predicted molar refractivity (Wildman–Crippen MR) is 76.5 cm³/mol. The number of anilines is 1. The highest BCUT2D eigenvalue weighted by Gasteiger charge is 2.16. The first-order valence-corrected chi connectivity index (χ1v) is 6.24. The lowest BCUT2D eigenvalue weighted by molar-refractivity contribution is 0.0940. The van der Waals surface area contributed by atoms with E-state index in [1.54, 1.807) is 0 Å². The van der Waals surface area contributed by atoms with E-state index in [0.717, 1.165) is 5.56 Å². The second kappa shape index (κ2) is 6.16. The zero-order chi connectivity index (χ0) is 14.5. The van der Waals surface area contributed by atoms with Gasteiger partial charge in [0.05, 0.1) is 17.3 Å². The van der Waals surface area contributed by atoms with Gasteiger partial charge < -0.3 is 10.7 Å². The lowest BCUT2D eigenvalue weighted by atomic mass is 10.1. The van der Waals surface area contributed by atoms with Crippen molar-refractivity contribution in [3.63, 3.8) is 0 Å². The molecular formula is C15H16FN3O. The van der Waals surface area contributed by atoms with E-state index in [9.17, 15) is 9.18 Å². The summed E-state index contributed by atoms with van der Waals surface area (Å²) in [5, 5.41) is 2.81. The summed E-state index contributed by atoms with van der Waals surface area (Å²) < 4.78 is 13.5. The molecule has 1 unspecified atom stereocenters. The van der Waals surface area contributed by atoms with Crippen molar-refractivity contribution in [3.8, 4) is 0 Å². The van der Waals surface area contributed by atoms with Crippen molar-refractivity contribution in [1.29, 1.82) is 0 Å². The molecule has 20 heavy (non-hydrogen) atoms. The normalized spacial score (nSPS) is 11.8. The second-order valence-corrected chi connectivity index (χ2v) is 4.41. The van der Waals surface area contributed by atoms with E-state index in [0.29, 0.717) is 0 Å². The molecule has 4 nitrogen and oxygen atoms in total. The van der Waals surface area contributed by atoms with Crippen LogP contribution in [0.1, 0.15) is 28.9 Å². The molecule has 2 aromatic rings. The number of para-hydroxylation sites is 1. The fourth-order valence-electron chi connectivity index (χ4n) is 1.96.